The lowest BCUT2D eigenvalue weighted by atomic mass is 10.0. The lowest BCUT2D eigenvalue weighted by Crippen LogP contribution is -2.56. The fraction of sp³-hybridized carbons (Fsp3) is 0.531. The molecule has 12 nitrogen and oxygen atoms in total. The maximum atomic E-state index is 13.4. The number of unbranched alkanes of at least 4 members (excludes halogenated alkanes) is 2. The van der Waals surface area contributed by atoms with Crippen LogP contribution in [0.3, 0.4) is 0 Å². The lowest BCUT2D eigenvalue weighted by molar-refractivity contribution is -0.145. The van der Waals surface area contributed by atoms with Crippen molar-refractivity contribution in [1.82, 2.24) is 21.3 Å². The molecule has 0 unspecified atom stereocenters. The molecule has 1 aromatic carbocycles. The first-order chi connectivity index (χ1) is 20.8. The highest BCUT2D eigenvalue weighted by Crippen LogP contribution is 2.14. The number of hydrogen-bond acceptors (Lipinski definition) is 8. The zero-order valence-corrected chi connectivity index (χ0v) is 26.5. The normalized spacial score (nSPS) is 12.8. The van der Waals surface area contributed by atoms with Gasteiger partial charge in [-0.15, -0.1) is 6.58 Å². The summed E-state index contributed by atoms with van der Waals surface area (Å²) >= 11 is 0. The first kappa shape index (κ1) is 37.7. The van der Waals surface area contributed by atoms with E-state index in [4.69, 9.17) is 14.2 Å². The highest BCUT2D eigenvalue weighted by Gasteiger charge is 2.29. The fourth-order valence-corrected chi connectivity index (χ4v) is 4.06. The van der Waals surface area contributed by atoms with Crippen LogP contribution in [0.2, 0.25) is 0 Å². The van der Waals surface area contributed by atoms with E-state index in [1.54, 1.807) is 51.1 Å². The van der Waals surface area contributed by atoms with Crippen molar-refractivity contribution >= 4 is 29.8 Å². The Hall–Kier alpha value is -4.35. The largest absolute Gasteiger partial charge is 0.490 e. The second kappa shape index (κ2) is 19.8. The van der Waals surface area contributed by atoms with E-state index in [2.05, 4.69) is 34.4 Å². The number of ether oxygens (including phenoxy) is 3. The SMILES string of the molecule is C=CCOc1ccc(C[C@H](NC(C)=O)C(=O)N[C@@H](CCCCCNC(=O)OC(C)(C)C)C(=O)N[C@@H](CC=C)C(=O)OC)cc1. The molecule has 0 radical (unpaired) electrons. The van der Waals surface area contributed by atoms with Crippen LogP contribution in [0.25, 0.3) is 0 Å². The van der Waals surface area contributed by atoms with Crippen LogP contribution in [-0.2, 0) is 35.1 Å². The molecule has 0 heterocycles. The van der Waals surface area contributed by atoms with E-state index in [0.29, 0.717) is 38.2 Å². The van der Waals surface area contributed by atoms with Crippen LogP contribution < -0.4 is 26.0 Å². The van der Waals surface area contributed by atoms with Crippen LogP contribution in [-0.4, -0.2) is 73.8 Å². The second-order valence-corrected chi connectivity index (χ2v) is 11.1. The molecule has 0 aliphatic heterocycles. The Morgan fingerprint density at radius 3 is 2.07 bits per heavy atom. The van der Waals surface area contributed by atoms with E-state index in [-0.39, 0.29) is 19.3 Å². The Bertz CT molecular complexity index is 1110. The Labute approximate surface area is 260 Å². The number of esters is 1. The van der Waals surface area contributed by atoms with Crippen molar-refractivity contribution < 1.29 is 38.2 Å². The van der Waals surface area contributed by atoms with Gasteiger partial charge >= 0.3 is 12.1 Å². The highest BCUT2D eigenvalue weighted by molar-refractivity contribution is 5.93. The summed E-state index contributed by atoms with van der Waals surface area (Å²) in [5.41, 5.74) is 0.162. The molecule has 44 heavy (non-hydrogen) atoms. The number of carbonyl (C=O) groups excluding carboxylic acids is 5. The number of alkyl carbamates (subject to hydrolysis) is 1. The van der Waals surface area contributed by atoms with Gasteiger partial charge in [-0.05, 0) is 57.7 Å². The molecule has 244 valence electrons. The van der Waals surface area contributed by atoms with Gasteiger partial charge in [-0.3, -0.25) is 14.4 Å². The van der Waals surface area contributed by atoms with Crippen LogP contribution >= 0.6 is 0 Å². The van der Waals surface area contributed by atoms with Crippen molar-refractivity contribution in [2.24, 2.45) is 0 Å². The van der Waals surface area contributed by atoms with E-state index < -0.39 is 53.5 Å². The molecule has 0 bridgehead atoms. The quantitative estimate of drug-likeness (QED) is 0.105. The number of carbonyl (C=O) groups is 5. The molecule has 0 aromatic heterocycles. The number of hydrogen-bond donors (Lipinski definition) is 4. The van der Waals surface area contributed by atoms with Crippen molar-refractivity contribution in [3.8, 4) is 5.75 Å². The van der Waals surface area contributed by atoms with Gasteiger partial charge in [-0.25, -0.2) is 9.59 Å². The van der Waals surface area contributed by atoms with E-state index >= 15 is 0 Å². The average molecular weight is 617 g/mol. The van der Waals surface area contributed by atoms with Crippen molar-refractivity contribution in [2.75, 3.05) is 20.3 Å². The van der Waals surface area contributed by atoms with Crippen LogP contribution in [0.4, 0.5) is 4.79 Å². The first-order valence-electron chi connectivity index (χ1n) is 14.7. The van der Waals surface area contributed by atoms with Crippen LogP contribution in [0, 0.1) is 0 Å². The third-order valence-electron chi connectivity index (χ3n) is 6.10. The van der Waals surface area contributed by atoms with E-state index in [1.807, 2.05) is 0 Å². The third kappa shape index (κ3) is 15.8. The summed E-state index contributed by atoms with van der Waals surface area (Å²) in [6.45, 7) is 14.6. The predicted octanol–water partition coefficient (Wildman–Crippen LogP) is 3.10. The molecule has 0 saturated carbocycles. The standard InChI is InChI=1S/C32H48N4O8/c1-8-13-26(30(40)42-7)36-28(38)25(14-11-10-12-19-33-31(41)44-32(4,5)6)35-29(39)27(34-22(3)37)21-23-15-17-24(18-16-23)43-20-9-2/h8-9,15-18,25-27H,1-2,10-14,19-21H2,3-7H3,(H,33,41)(H,34,37)(H,35,39)(H,36,38)/t25-,26-,27-/m0/s1. The first-order valence-corrected chi connectivity index (χ1v) is 14.7. The summed E-state index contributed by atoms with van der Waals surface area (Å²) in [5.74, 6) is -1.56. The summed E-state index contributed by atoms with van der Waals surface area (Å²) in [4.78, 5) is 62.7. The third-order valence-corrected chi connectivity index (χ3v) is 6.10. The number of nitrogens with one attached hydrogen (secondary N) is 4. The lowest BCUT2D eigenvalue weighted by Gasteiger charge is -2.25. The maximum absolute atomic E-state index is 13.4. The summed E-state index contributed by atoms with van der Waals surface area (Å²) in [6.07, 6.45) is 4.92. The predicted molar refractivity (Wildman–Crippen MR) is 167 cm³/mol. The number of rotatable bonds is 19. The topological polar surface area (TPSA) is 161 Å². The summed E-state index contributed by atoms with van der Waals surface area (Å²) in [5, 5.41) is 10.7. The maximum Gasteiger partial charge on any atom is 0.407 e. The molecular weight excluding hydrogens is 568 g/mol. The summed E-state index contributed by atoms with van der Waals surface area (Å²) in [7, 11) is 1.21. The Morgan fingerprint density at radius 2 is 1.50 bits per heavy atom. The molecule has 1 rings (SSSR count). The van der Waals surface area contributed by atoms with Gasteiger partial charge in [0.15, 0.2) is 0 Å². The zero-order chi connectivity index (χ0) is 33.1. The van der Waals surface area contributed by atoms with Crippen molar-refractivity contribution in [2.45, 2.75) is 89.9 Å². The van der Waals surface area contributed by atoms with E-state index in [1.165, 1.54) is 20.1 Å². The van der Waals surface area contributed by atoms with Gasteiger partial charge in [-0.1, -0.05) is 43.7 Å². The van der Waals surface area contributed by atoms with Crippen LogP contribution in [0.1, 0.15) is 65.4 Å². The molecule has 0 spiro atoms. The minimum absolute atomic E-state index is 0.135. The monoisotopic (exact) mass is 616 g/mol. The average Bonchev–Trinajstić information content (AvgIpc) is 2.95. The van der Waals surface area contributed by atoms with Gasteiger partial charge in [0.2, 0.25) is 17.7 Å². The molecular formula is C32H48N4O8. The Morgan fingerprint density at radius 1 is 0.864 bits per heavy atom. The van der Waals surface area contributed by atoms with Gasteiger partial charge in [0.05, 0.1) is 7.11 Å². The van der Waals surface area contributed by atoms with Crippen molar-refractivity contribution in [3.05, 3.63) is 55.1 Å². The molecule has 0 saturated heterocycles. The van der Waals surface area contributed by atoms with Gasteiger partial charge < -0.3 is 35.5 Å². The number of methoxy groups -OCH3 is 1. The van der Waals surface area contributed by atoms with Crippen molar-refractivity contribution in [3.63, 3.8) is 0 Å². The minimum Gasteiger partial charge on any atom is -0.490 e. The van der Waals surface area contributed by atoms with E-state index in [9.17, 15) is 24.0 Å². The smallest absolute Gasteiger partial charge is 0.407 e. The van der Waals surface area contributed by atoms with Crippen LogP contribution in [0.5, 0.6) is 5.75 Å². The van der Waals surface area contributed by atoms with E-state index in [0.717, 1.165) is 5.56 Å². The summed E-state index contributed by atoms with van der Waals surface area (Å²) in [6, 6.07) is 4.12. The second-order valence-electron chi connectivity index (χ2n) is 11.1. The van der Waals surface area contributed by atoms with Crippen LogP contribution in [0.15, 0.2) is 49.6 Å². The van der Waals surface area contributed by atoms with Gasteiger partial charge in [0.1, 0.15) is 36.1 Å². The number of amides is 4. The minimum atomic E-state index is -1.01. The Balaban J connectivity index is 2.97. The molecule has 1 aromatic rings. The molecule has 0 aliphatic rings. The fourth-order valence-electron chi connectivity index (χ4n) is 4.06. The summed E-state index contributed by atoms with van der Waals surface area (Å²) < 4.78 is 15.5. The molecule has 4 N–H and O–H groups in total. The molecule has 0 aliphatic carbocycles. The number of benzene rings is 1. The Kier molecular flexibility index (Phi) is 16.9. The molecule has 12 heteroatoms. The zero-order valence-electron chi connectivity index (χ0n) is 26.5. The van der Waals surface area contributed by atoms with Gasteiger partial charge in [0.25, 0.3) is 0 Å². The molecule has 0 fully saturated rings. The van der Waals surface area contributed by atoms with Gasteiger partial charge in [-0.2, -0.15) is 0 Å². The highest BCUT2D eigenvalue weighted by atomic mass is 16.6. The molecule has 3 atom stereocenters. The molecule has 4 amide bonds. The van der Waals surface area contributed by atoms with Crippen molar-refractivity contribution in [1.29, 1.82) is 0 Å². The van der Waals surface area contributed by atoms with Gasteiger partial charge in [0, 0.05) is 19.9 Å².